The van der Waals surface area contributed by atoms with E-state index < -0.39 is 0 Å². The standard InChI is InChI=1S/C12H25N/c1-5-7-11-10(12(2,3)4)8-6-9-13-11/h10-11,13H,5-9H2,1-4H3/t10-,11-/m0/s1. The van der Waals surface area contributed by atoms with Crippen LogP contribution in [0, 0.1) is 11.3 Å². The molecular weight excluding hydrogens is 158 g/mol. The first-order valence-corrected chi connectivity index (χ1v) is 5.79. The van der Waals surface area contributed by atoms with E-state index >= 15 is 0 Å². The number of hydrogen-bond donors (Lipinski definition) is 1. The van der Waals surface area contributed by atoms with Crippen molar-refractivity contribution in [2.24, 2.45) is 11.3 Å². The first-order valence-electron chi connectivity index (χ1n) is 5.79. The molecule has 1 aliphatic heterocycles. The average molecular weight is 183 g/mol. The highest BCUT2D eigenvalue weighted by atomic mass is 14.9. The van der Waals surface area contributed by atoms with E-state index in [1.807, 2.05) is 0 Å². The molecule has 1 nitrogen and oxygen atoms in total. The van der Waals surface area contributed by atoms with Crippen LogP contribution in [-0.4, -0.2) is 12.6 Å². The smallest absolute Gasteiger partial charge is 0.0100 e. The van der Waals surface area contributed by atoms with Crippen molar-refractivity contribution in [1.29, 1.82) is 0 Å². The third kappa shape index (κ3) is 2.98. The average Bonchev–Trinajstić information content (AvgIpc) is 2.04. The molecule has 0 aromatic heterocycles. The van der Waals surface area contributed by atoms with E-state index in [0.717, 1.165) is 12.0 Å². The molecule has 1 rings (SSSR count). The van der Waals surface area contributed by atoms with Crippen LogP contribution in [0.4, 0.5) is 0 Å². The maximum Gasteiger partial charge on any atom is 0.0100 e. The molecule has 0 amide bonds. The van der Waals surface area contributed by atoms with Crippen molar-refractivity contribution in [2.75, 3.05) is 6.54 Å². The van der Waals surface area contributed by atoms with E-state index in [1.165, 1.54) is 32.2 Å². The largest absolute Gasteiger partial charge is 0.314 e. The molecule has 1 saturated heterocycles. The molecule has 1 aliphatic rings. The molecule has 0 bridgehead atoms. The number of nitrogens with one attached hydrogen (secondary N) is 1. The summed E-state index contributed by atoms with van der Waals surface area (Å²) in [5, 5.41) is 3.68. The minimum absolute atomic E-state index is 0.479. The second-order valence-electron chi connectivity index (χ2n) is 5.46. The summed E-state index contributed by atoms with van der Waals surface area (Å²) in [6, 6.07) is 0.777. The number of piperidine rings is 1. The molecule has 2 atom stereocenters. The molecule has 1 heteroatoms. The van der Waals surface area contributed by atoms with Crippen LogP contribution in [0.3, 0.4) is 0 Å². The van der Waals surface area contributed by atoms with Crippen molar-refractivity contribution in [3.63, 3.8) is 0 Å². The molecule has 13 heavy (non-hydrogen) atoms. The van der Waals surface area contributed by atoms with E-state index in [0.29, 0.717) is 5.41 Å². The van der Waals surface area contributed by atoms with Crippen LogP contribution in [0.5, 0.6) is 0 Å². The van der Waals surface area contributed by atoms with Crippen LogP contribution in [-0.2, 0) is 0 Å². The van der Waals surface area contributed by atoms with Crippen LogP contribution in [0.1, 0.15) is 53.4 Å². The Morgan fingerprint density at radius 3 is 2.54 bits per heavy atom. The Hall–Kier alpha value is -0.0400. The van der Waals surface area contributed by atoms with Gasteiger partial charge in [0.1, 0.15) is 0 Å². The Kier molecular flexibility index (Phi) is 3.78. The highest BCUT2D eigenvalue weighted by molar-refractivity contribution is 4.87. The third-order valence-electron chi connectivity index (χ3n) is 3.30. The van der Waals surface area contributed by atoms with Crippen LogP contribution in [0.2, 0.25) is 0 Å². The van der Waals surface area contributed by atoms with Gasteiger partial charge in [-0.15, -0.1) is 0 Å². The molecule has 0 unspecified atom stereocenters. The van der Waals surface area contributed by atoms with Crippen molar-refractivity contribution >= 4 is 0 Å². The van der Waals surface area contributed by atoms with E-state index in [2.05, 4.69) is 33.0 Å². The molecule has 0 spiro atoms. The van der Waals surface area contributed by atoms with Gasteiger partial charge >= 0.3 is 0 Å². The van der Waals surface area contributed by atoms with E-state index in [1.54, 1.807) is 0 Å². The van der Waals surface area contributed by atoms with Gasteiger partial charge in [-0.25, -0.2) is 0 Å². The normalized spacial score (nSPS) is 30.5. The molecule has 78 valence electrons. The molecular formula is C12H25N. The summed E-state index contributed by atoms with van der Waals surface area (Å²) in [5.41, 5.74) is 0.479. The lowest BCUT2D eigenvalue weighted by atomic mass is 9.71. The van der Waals surface area contributed by atoms with Crippen LogP contribution >= 0.6 is 0 Å². The summed E-state index contributed by atoms with van der Waals surface area (Å²) in [5.74, 6) is 0.876. The summed E-state index contributed by atoms with van der Waals surface area (Å²) in [4.78, 5) is 0. The van der Waals surface area contributed by atoms with Crippen LogP contribution in [0.15, 0.2) is 0 Å². The lowest BCUT2D eigenvalue weighted by Gasteiger charge is -2.41. The zero-order valence-corrected chi connectivity index (χ0v) is 9.69. The predicted molar refractivity (Wildman–Crippen MR) is 58.9 cm³/mol. The van der Waals surface area contributed by atoms with Gasteiger partial charge in [-0.2, -0.15) is 0 Å². The van der Waals surface area contributed by atoms with Gasteiger partial charge in [0.2, 0.25) is 0 Å². The van der Waals surface area contributed by atoms with E-state index in [4.69, 9.17) is 0 Å². The molecule has 1 fully saturated rings. The molecule has 0 aliphatic carbocycles. The van der Waals surface area contributed by atoms with E-state index in [9.17, 15) is 0 Å². The van der Waals surface area contributed by atoms with Crippen LogP contribution < -0.4 is 5.32 Å². The second kappa shape index (κ2) is 4.45. The quantitative estimate of drug-likeness (QED) is 0.693. The fourth-order valence-electron chi connectivity index (χ4n) is 2.60. The fourth-order valence-corrected chi connectivity index (χ4v) is 2.60. The zero-order chi connectivity index (χ0) is 9.90. The van der Waals surface area contributed by atoms with Gasteiger partial charge in [0.15, 0.2) is 0 Å². The summed E-state index contributed by atoms with van der Waals surface area (Å²) in [6.07, 6.45) is 5.44. The minimum atomic E-state index is 0.479. The lowest BCUT2D eigenvalue weighted by molar-refractivity contribution is 0.132. The molecule has 1 N–H and O–H groups in total. The fraction of sp³-hybridized carbons (Fsp3) is 1.00. The topological polar surface area (TPSA) is 12.0 Å². The first kappa shape index (κ1) is 11.0. The Morgan fingerprint density at radius 2 is 2.00 bits per heavy atom. The summed E-state index contributed by atoms with van der Waals surface area (Å²) < 4.78 is 0. The summed E-state index contributed by atoms with van der Waals surface area (Å²) >= 11 is 0. The summed E-state index contributed by atoms with van der Waals surface area (Å²) in [6.45, 7) is 10.7. The van der Waals surface area contributed by atoms with Crippen LogP contribution in [0.25, 0.3) is 0 Å². The number of hydrogen-bond acceptors (Lipinski definition) is 1. The Labute approximate surface area is 83.3 Å². The van der Waals surface area contributed by atoms with Gasteiger partial charge in [-0.1, -0.05) is 34.1 Å². The molecule has 0 aromatic rings. The monoisotopic (exact) mass is 183 g/mol. The Balaban J connectivity index is 2.56. The summed E-state index contributed by atoms with van der Waals surface area (Å²) in [7, 11) is 0. The maximum absolute atomic E-state index is 3.68. The van der Waals surface area contributed by atoms with Crippen molar-refractivity contribution in [3.8, 4) is 0 Å². The first-order chi connectivity index (χ1) is 6.05. The van der Waals surface area contributed by atoms with Gasteiger partial charge in [0, 0.05) is 6.04 Å². The third-order valence-corrected chi connectivity index (χ3v) is 3.30. The molecule has 1 heterocycles. The van der Waals surface area contributed by atoms with Gasteiger partial charge in [-0.3, -0.25) is 0 Å². The Morgan fingerprint density at radius 1 is 1.31 bits per heavy atom. The van der Waals surface area contributed by atoms with Gasteiger partial charge < -0.3 is 5.32 Å². The lowest BCUT2D eigenvalue weighted by Crippen LogP contribution is -2.46. The van der Waals surface area contributed by atoms with Crippen molar-refractivity contribution in [2.45, 2.75) is 59.4 Å². The van der Waals surface area contributed by atoms with Crippen molar-refractivity contribution < 1.29 is 0 Å². The van der Waals surface area contributed by atoms with Gasteiger partial charge in [-0.05, 0) is 37.1 Å². The van der Waals surface area contributed by atoms with Crippen molar-refractivity contribution in [3.05, 3.63) is 0 Å². The Bertz CT molecular complexity index is 144. The van der Waals surface area contributed by atoms with E-state index in [-0.39, 0.29) is 0 Å². The number of rotatable bonds is 2. The highest BCUT2D eigenvalue weighted by Crippen LogP contribution is 2.35. The maximum atomic E-state index is 3.68. The second-order valence-corrected chi connectivity index (χ2v) is 5.46. The van der Waals surface area contributed by atoms with Gasteiger partial charge in [0.05, 0.1) is 0 Å². The minimum Gasteiger partial charge on any atom is -0.314 e. The van der Waals surface area contributed by atoms with Gasteiger partial charge in [0.25, 0.3) is 0 Å². The molecule has 0 saturated carbocycles. The van der Waals surface area contributed by atoms with Crippen molar-refractivity contribution in [1.82, 2.24) is 5.32 Å². The molecule has 0 radical (unpaired) electrons. The zero-order valence-electron chi connectivity index (χ0n) is 9.69. The molecule has 0 aromatic carbocycles. The highest BCUT2D eigenvalue weighted by Gasteiger charge is 2.32. The predicted octanol–water partition coefficient (Wildman–Crippen LogP) is 3.20. The SMILES string of the molecule is CCC[C@@H]1NCCC[C@@H]1C(C)(C)C.